The summed E-state index contributed by atoms with van der Waals surface area (Å²) in [6, 6.07) is 7.07. The fraction of sp³-hybridized carbons (Fsp3) is 0.267. The van der Waals surface area contributed by atoms with Crippen molar-refractivity contribution in [3.8, 4) is 0 Å². The third kappa shape index (κ3) is 3.35. The first-order valence-electron chi connectivity index (χ1n) is 7.20. The summed E-state index contributed by atoms with van der Waals surface area (Å²) in [4.78, 5) is 5.84. The minimum absolute atomic E-state index is 0.0920. The van der Waals surface area contributed by atoms with Crippen LogP contribution in [0.1, 0.15) is 0 Å². The molecule has 0 bridgehead atoms. The molecule has 9 heteroatoms. The average Bonchev–Trinajstić information content (AvgIpc) is 2.58. The number of anilines is 1. The van der Waals surface area contributed by atoms with E-state index in [0.717, 1.165) is 0 Å². The minimum atomic E-state index is -3.67. The summed E-state index contributed by atoms with van der Waals surface area (Å²) in [5.74, 6) is -0.178. The first-order chi connectivity index (χ1) is 11.4. The molecule has 0 atom stereocenters. The van der Waals surface area contributed by atoms with Gasteiger partial charge >= 0.3 is 0 Å². The van der Waals surface area contributed by atoms with Crippen molar-refractivity contribution < 1.29 is 12.8 Å². The molecule has 0 saturated carbocycles. The molecular formula is C15H14Cl2FN3O2S. The predicted molar refractivity (Wildman–Crippen MR) is 91.6 cm³/mol. The highest BCUT2D eigenvalue weighted by molar-refractivity contribution is 7.89. The molecule has 1 fully saturated rings. The number of aromatic nitrogens is 1. The van der Waals surface area contributed by atoms with E-state index in [1.54, 1.807) is 4.90 Å². The van der Waals surface area contributed by atoms with Gasteiger partial charge in [-0.3, -0.25) is 0 Å². The monoisotopic (exact) mass is 389 g/mol. The van der Waals surface area contributed by atoms with Crippen molar-refractivity contribution in [3.63, 3.8) is 0 Å². The highest BCUT2D eigenvalue weighted by Gasteiger charge is 2.30. The van der Waals surface area contributed by atoms with Gasteiger partial charge in [-0.2, -0.15) is 4.31 Å². The highest BCUT2D eigenvalue weighted by atomic mass is 35.5. The summed E-state index contributed by atoms with van der Waals surface area (Å²) in [5, 5.41) is 0.484. The zero-order chi connectivity index (χ0) is 17.3. The Morgan fingerprint density at radius 3 is 2.38 bits per heavy atom. The standard InChI is InChI=1S/C15H14Cl2FN3O2S/c16-12-4-3-11(10-13(12)17)24(22,23)21-8-6-20(7-9-21)15-14(18)2-1-5-19-15/h1-5,10H,6-9H2. The van der Waals surface area contributed by atoms with Crippen molar-refractivity contribution >= 4 is 39.0 Å². The molecule has 3 rings (SSSR count). The van der Waals surface area contributed by atoms with Crippen LogP contribution in [-0.4, -0.2) is 43.9 Å². The van der Waals surface area contributed by atoms with E-state index in [9.17, 15) is 12.8 Å². The van der Waals surface area contributed by atoms with Crippen molar-refractivity contribution in [2.75, 3.05) is 31.1 Å². The molecule has 1 saturated heterocycles. The Morgan fingerprint density at radius 1 is 1.04 bits per heavy atom. The molecule has 0 spiro atoms. The third-order valence-electron chi connectivity index (χ3n) is 3.81. The zero-order valence-corrected chi connectivity index (χ0v) is 14.8. The molecule has 1 aromatic heterocycles. The van der Waals surface area contributed by atoms with Crippen molar-refractivity contribution in [2.24, 2.45) is 0 Å². The van der Waals surface area contributed by atoms with Gasteiger partial charge in [0.05, 0.1) is 14.9 Å². The Labute approximate surface area is 149 Å². The summed E-state index contributed by atoms with van der Waals surface area (Å²) in [6.45, 7) is 1.18. The predicted octanol–water partition coefficient (Wildman–Crippen LogP) is 3.04. The maximum Gasteiger partial charge on any atom is 0.243 e. The largest absolute Gasteiger partial charge is 0.352 e. The lowest BCUT2D eigenvalue weighted by Crippen LogP contribution is -2.49. The number of rotatable bonds is 3. The molecule has 1 aromatic carbocycles. The SMILES string of the molecule is O=S(=O)(c1ccc(Cl)c(Cl)c1)N1CCN(c2ncccc2F)CC1. The number of sulfonamides is 1. The third-order valence-corrected chi connectivity index (χ3v) is 6.44. The van der Waals surface area contributed by atoms with Crippen LogP contribution >= 0.6 is 23.2 Å². The fourth-order valence-corrected chi connectivity index (χ4v) is 4.35. The summed E-state index contributed by atoms with van der Waals surface area (Å²) in [7, 11) is -3.67. The van der Waals surface area contributed by atoms with E-state index in [1.165, 1.54) is 40.8 Å². The summed E-state index contributed by atoms with van der Waals surface area (Å²) >= 11 is 11.7. The van der Waals surface area contributed by atoms with E-state index in [2.05, 4.69) is 4.98 Å². The quantitative estimate of drug-likeness (QED) is 0.809. The van der Waals surface area contributed by atoms with Gasteiger partial charge in [0.1, 0.15) is 0 Å². The van der Waals surface area contributed by atoms with Gasteiger partial charge in [0, 0.05) is 32.4 Å². The van der Waals surface area contributed by atoms with E-state index in [4.69, 9.17) is 23.2 Å². The lowest BCUT2D eigenvalue weighted by molar-refractivity contribution is 0.382. The lowest BCUT2D eigenvalue weighted by atomic mass is 10.3. The van der Waals surface area contributed by atoms with Gasteiger partial charge in [-0.25, -0.2) is 17.8 Å². The van der Waals surface area contributed by atoms with Crippen LogP contribution in [0.2, 0.25) is 10.0 Å². The van der Waals surface area contributed by atoms with Crippen LogP contribution < -0.4 is 4.90 Å². The first-order valence-corrected chi connectivity index (χ1v) is 9.40. The highest BCUT2D eigenvalue weighted by Crippen LogP contribution is 2.27. The van der Waals surface area contributed by atoms with Crippen LogP contribution in [0.4, 0.5) is 10.2 Å². The van der Waals surface area contributed by atoms with Crippen molar-refractivity contribution in [2.45, 2.75) is 4.90 Å². The summed E-state index contributed by atoms with van der Waals surface area (Å²) in [6.07, 6.45) is 1.51. The molecule has 2 aromatic rings. The van der Waals surface area contributed by atoms with E-state index < -0.39 is 15.8 Å². The van der Waals surface area contributed by atoms with Crippen LogP contribution in [0.15, 0.2) is 41.4 Å². The number of benzene rings is 1. The van der Waals surface area contributed by atoms with Gasteiger partial charge in [0.2, 0.25) is 10.0 Å². The number of hydrogen-bond donors (Lipinski definition) is 0. The molecular weight excluding hydrogens is 376 g/mol. The number of nitrogens with zero attached hydrogens (tertiary/aromatic N) is 3. The Hall–Kier alpha value is -1.41. The molecule has 0 radical (unpaired) electrons. The zero-order valence-electron chi connectivity index (χ0n) is 12.5. The van der Waals surface area contributed by atoms with Crippen LogP contribution in [-0.2, 0) is 10.0 Å². The molecule has 24 heavy (non-hydrogen) atoms. The number of halogens is 3. The second-order valence-corrected chi connectivity index (χ2v) is 8.03. The molecule has 1 aliphatic heterocycles. The summed E-state index contributed by atoms with van der Waals surface area (Å²) < 4.78 is 40.5. The maximum atomic E-state index is 13.8. The topological polar surface area (TPSA) is 53.5 Å². The van der Waals surface area contributed by atoms with E-state index in [-0.39, 0.29) is 28.8 Å². The summed E-state index contributed by atoms with van der Waals surface area (Å²) in [5.41, 5.74) is 0. The van der Waals surface area contributed by atoms with Crippen molar-refractivity contribution in [1.29, 1.82) is 0 Å². The number of piperazine rings is 1. The molecule has 5 nitrogen and oxygen atoms in total. The number of pyridine rings is 1. The minimum Gasteiger partial charge on any atom is -0.352 e. The molecule has 0 unspecified atom stereocenters. The molecule has 2 heterocycles. The van der Waals surface area contributed by atoms with Gasteiger partial charge in [-0.15, -0.1) is 0 Å². The van der Waals surface area contributed by atoms with E-state index >= 15 is 0 Å². The second-order valence-electron chi connectivity index (χ2n) is 5.28. The van der Waals surface area contributed by atoms with Crippen LogP contribution in [0.3, 0.4) is 0 Å². The molecule has 0 amide bonds. The Balaban J connectivity index is 1.76. The second kappa shape index (κ2) is 6.84. The van der Waals surface area contributed by atoms with Gasteiger partial charge in [0.25, 0.3) is 0 Å². The van der Waals surface area contributed by atoms with Crippen LogP contribution in [0, 0.1) is 5.82 Å². The van der Waals surface area contributed by atoms with Crippen molar-refractivity contribution in [3.05, 3.63) is 52.4 Å². The normalized spacial score (nSPS) is 16.4. The molecule has 1 aliphatic rings. The van der Waals surface area contributed by atoms with Crippen molar-refractivity contribution in [1.82, 2.24) is 9.29 Å². The molecule has 128 valence electrons. The van der Waals surface area contributed by atoms with Crippen LogP contribution in [0.25, 0.3) is 0 Å². The van der Waals surface area contributed by atoms with Gasteiger partial charge in [-0.1, -0.05) is 23.2 Å². The van der Waals surface area contributed by atoms with Gasteiger partial charge in [-0.05, 0) is 30.3 Å². The smallest absolute Gasteiger partial charge is 0.243 e. The Kier molecular flexibility index (Phi) is 4.96. The van der Waals surface area contributed by atoms with Gasteiger partial charge in [0.15, 0.2) is 11.6 Å². The molecule has 0 N–H and O–H groups in total. The lowest BCUT2D eigenvalue weighted by Gasteiger charge is -2.34. The Bertz CT molecular complexity index is 856. The van der Waals surface area contributed by atoms with Gasteiger partial charge < -0.3 is 4.90 Å². The maximum absolute atomic E-state index is 13.8. The molecule has 0 aliphatic carbocycles. The average molecular weight is 390 g/mol. The fourth-order valence-electron chi connectivity index (χ4n) is 2.54. The van der Waals surface area contributed by atoms with E-state index in [0.29, 0.717) is 18.1 Å². The Morgan fingerprint density at radius 2 is 1.75 bits per heavy atom. The van der Waals surface area contributed by atoms with Crippen LogP contribution in [0.5, 0.6) is 0 Å². The number of hydrogen-bond acceptors (Lipinski definition) is 4. The van der Waals surface area contributed by atoms with E-state index in [1.807, 2.05) is 0 Å². The first kappa shape index (κ1) is 17.4.